The van der Waals surface area contributed by atoms with Gasteiger partial charge in [0.1, 0.15) is 69.0 Å². The van der Waals surface area contributed by atoms with Crippen molar-refractivity contribution in [1.82, 2.24) is 0 Å². The topological polar surface area (TPSA) is 243 Å². The van der Waals surface area contributed by atoms with Crippen molar-refractivity contribution in [2.45, 2.75) is 205 Å². The molecule has 2 aliphatic rings. The van der Waals surface area contributed by atoms with Crippen LogP contribution in [0.2, 0.25) is 0 Å². The highest BCUT2D eigenvalue weighted by Crippen LogP contribution is 2.50. The maximum absolute atomic E-state index is 10.4. The third kappa shape index (κ3) is 24.8. The van der Waals surface area contributed by atoms with Crippen LogP contribution in [0.3, 0.4) is 0 Å². The molecule has 2 aliphatic carbocycles. The molecule has 0 bridgehead atoms. The fraction of sp³-hybridized carbons (Fsp3) is 0.246. The first-order valence-corrected chi connectivity index (χ1v) is 49.5. The highest BCUT2D eigenvalue weighted by atomic mass is 16.3. The highest BCUT2D eigenvalue weighted by molar-refractivity contribution is 5.88. The maximum atomic E-state index is 10.4. The van der Waals surface area contributed by atoms with Gasteiger partial charge in [-0.3, -0.25) is 0 Å². The Hall–Kier alpha value is -15.1. The molecular weight excluding hydrogens is 1750 g/mol. The Kier molecular flexibility index (Phi) is 33.7. The van der Waals surface area contributed by atoms with E-state index < -0.39 is 0 Å². The van der Waals surface area contributed by atoms with Gasteiger partial charge in [0.2, 0.25) is 0 Å². The molecule has 12 nitrogen and oxygen atoms in total. The Bertz CT molecular complexity index is 6710. The average molecular weight is 1890 g/mol. The van der Waals surface area contributed by atoms with Crippen molar-refractivity contribution < 1.29 is 61.3 Å². The number of phenolic OH excluding ortho intramolecular Hbond substituents is 12. The molecule has 0 aromatic heterocycles. The van der Waals surface area contributed by atoms with Crippen LogP contribution in [-0.4, -0.2) is 61.3 Å². The predicted molar refractivity (Wildman–Crippen MR) is 584 cm³/mol. The molecule has 142 heavy (non-hydrogen) atoms. The van der Waals surface area contributed by atoms with E-state index in [0.717, 1.165) is 114 Å². The number of phenols is 12. The zero-order valence-electron chi connectivity index (χ0n) is 84.4. The Balaban J connectivity index is 0.000000142. The average Bonchev–Trinajstić information content (AvgIpc) is 0.755. The summed E-state index contributed by atoms with van der Waals surface area (Å²) in [6.07, 6.45) is 12.0. The molecule has 0 heterocycles. The van der Waals surface area contributed by atoms with E-state index in [1.54, 1.807) is 91.0 Å². The lowest BCUT2D eigenvalue weighted by atomic mass is 9.65. The van der Waals surface area contributed by atoms with Gasteiger partial charge in [-0.2, -0.15) is 0 Å². The first-order chi connectivity index (χ1) is 67.8. The second kappa shape index (κ2) is 45.9. The Morgan fingerprint density at radius 3 is 0.894 bits per heavy atom. The lowest BCUT2D eigenvalue weighted by Crippen LogP contribution is -2.30. The van der Waals surface area contributed by atoms with Gasteiger partial charge in [0.05, 0.1) is 0 Å². The summed E-state index contributed by atoms with van der Waals surface area (Å²) >= 11 is 0. The number of rotatable bonds is 16. The molecule has 0 saturated heterocycles. The molecule has 12 heteroatoms. The SMILES string of the molecule is CC(C)(c1ccc(O)c(-c2ccccc2)c1)c1ccc(O)c(-c2ccccc2)c1.CC(C)(c1ccc(O)cc1)c1cccc(C(C)(C)c2ccc(O)cc2)c1.CC(C)c1cc(C(C)(C)c2ccc(O)c(C(C)C)c2)ccc1O.Cc1cc(C2(c3ccc(O)c(C)c3)CCCCC2)ccc1O.Oc1ccc(C2(c3ccc(O)cc3)CCCCC2)cc1.Oc1ccc2ccccc2c1.Oc1cccc2ccccc12. The molecule has 12 N–H and O–H groups in total. The molecule has 2 fully saturated rings. The summed E-state index contributed by atoms with van der Waals surface area (Å²) in [5.74, 6) is 4.38. The summed E-state index contributed by atoms with van der Waals surface area (Å²) in [6, 6.07) is 121. The van der Waals surface area contributed by atoms with E-state index in [0.29, 0.717) is 46.0 Å². The van der Waals surface area contributed by atoms with E-state index in [4.69, 9.17) is 5.11 Å². The molecule has 0 atom stereocenters. The summed E-state index contributed by atoms with van der Waals surface area (Å²) in [4.78, 5) is 0. The van der Waals surface area contributed by atoms with Gasteiger partial charge in [0.25, 0.3) is 0 Å². The molecule has 730 valence electrons. The molecule has 19 rings (SSSR count). The maximum Gasteiger partial charge on any atom is 0.123 e. The van der Waals surface area contributed by atoms with Crippen molar-refractivity contribution in [3.05, 3.63) is 465 Å². The summed E-state index contributed by atoms with van der Waals surface area (Å²) in [7, 11) is 0. The van der Waals surface area contributed by atoms with E-state index in [1.165, 1.54) is 83.0 Å². The van der Waals surface area contributed by atoms with E-state index in [9.17, 15) is 56.2 Å². The van der Waals surface area contributed by atoms with Crippen LogP contribution in [0.4, 0.5) is 0 Å². The smallest absolute Gasteiger partial charge is 0.123 e. The zero-order valence-corrected chi connectivity index (χ0v) is 84.4. The van der Waals surface area contributed by atoms with Crippen LogP contribution < -0.4 is 0 Å². The summed E-state index contributed by atoms with van der Waals surface area (Å²) in [5, 5.41) is 122. The van der Waals surface area contributed by atoms with Gasteiger partial charge in [-0.05, 0) is 283 Å². The van der Waals surface area contributed by atoms with Crippen molar-refractivity contribution in [3.8, 4) is 91.2 Å². The van der Waals surface area contributed by atoms with Gasteiger partial charge in [0.15, 0.2) is 0 Å². The van der Waals surface area contributed by atoms with Crippen molar-refractivity contribution in [3.63, 3.8) is 0 Å². The van der Waals surface area contributed by atoms with Crippen molar-refractivity contribution in [1.29, 1.82) is 0 Å². The number of hydrogen-bond donors (Lipinski definition) is 12. The van der Waals surface area contributed by atoms with E-state index in [1.807, 2.05) is 226 Å². The molecule has 2 saturated carbocycles. The molecule has 17 aromatic carbocycles. The molecule has 17 aromatic rings. The number of benzene rings is 17. The van der Waals surface area contributed by atoms with Crippen LogP contribution in [0, 0.1) is 13.8 Å². The van der Waals surface area contributed by atoms with Crippen LogP contribution in [0.15, 0.2) is 376 Å². The third-order valence-corrected chi connectivity index (χ3v) is 29.1. The van der Waals surface area contributed by atoms with Crippen LogP contribution >= 0.6 is 0 Å². The molecule has 0 aliphatic heterocycles. The van der Waals surface area contributed by atoms with Crippen molar-refractivity contribution in [2.24, 2.45) is 0 Å². The minimum Gasteiger partial charge on any atom is -0.508 e. The number of hydrogen-bond acceptors (Lipinski definition) is 12. The van der Waals surface area contributed by atoms with Gasteiger partial charge in [-0.25, -0.2) is 0 Å². The molecule has 0 spiro atoms. The summed E-state index contributed by atoms with van der Waals surface area (Å²) in [5.41, 5.74) is 21.0. The fourth-order valence-electron chi connectivity index (χ4n) is 19.7. The summed E-state index contributed by atoms with van der Waals surface area (Å²) < 4.78 is 0. The van der Waals surface area contributed by atoms with Crippen LogP contribution in [0.5, 0.6) is 69.0 Å². The number of fused-ring (bicyclic) bond motifs is 2. The van der Waals surface area contributed by atoms with E-state index in [-0.39, 0.29) is 67.3 Å². The Morgan fingerprint density at radius 1 is 0.211 bits per heavy atom. The number of aromatic hydroxyl groups is 12. The molecule has 0 radical (unpaired) electrons. The predicted octanol–water partition coefficient (Wildman–Crippen LogP) is 32.6. The van der Waals surface area contributed by atoms with Gasteiger partial charge in [0, 0.05) is 49.0 Å². The van der Waals surface area contributed by atoms with Crippen molar-refractivity contribution in [2.75, 3.05) is 0 Å². The van der Waals surface area contributed by atoms with Gasteiger partial charge >= 0.3 is 0 Å². The summed E-state index contributed by atoms with van der Waals surface area (Å²) in [6.45, 7) is 29.7. The van der Waals surface area contributed by atoms with Crippen LogP contribution in [0.25, 0.3) is 43.8 Å². The van der Waals surface area contributed by atoms with Crippen LogP contribution in [-0.2, 0) is 32.5 Å². The monoisotopic (exact) mass is 1890 g/mol. The zero-order chi connectivity index (χ0) is 102. The van der Waals surface area contributed by atoms with Gasteiger partial charge in [-0.15, -0.1) is 0 Å². The quantitative estimate of drug-likeness (QED) is 0.0432. The van der Waals surface area contributed by atoms with Gasteiger partial charge in [-0.1, -0.05) is 382 Å². The lowest BCUT2D eigenvalue weighted by Gasteiger charge is -2.39. The Labute approximate surface area is 839 Å². The van der Waals surface area contributed by atoms with E-state index >= 15 is 0 Å². The minimum absolute atomic E-state index is 0.00910. The highest BCUT2D eigenvalue weighted by Gasteiger charge is 2.39. The lowest BCUT2D eigenvalue weighted by molar-refractivity contribution is 0.344. The largest absolute Gasteiger partial charge is 0.508 e. The molecule has 0 amide bonds. The molecular formula is C130H138O12. The van der Waals surface area contributed by atoms with Crippen LogP contribution in [0.1, 0.15) is 248 Å². The van der Waals surface area contributed by atoms with E-state index in [2.05, 4.69) is 156 Å². The first-order valence-electron chi connectivity index (χ1n) is 49.5. The van der Waals surface area contributed by atoms with Gasteiger partial charge < -0.3 is 61.3 Å². The number of aryl methyl sites for hydroxylation is 2. The second-order valence-electron chi connectivity index (χ2n) is 40.6. The van der Waals surface area contributed by atoms with Crippen molar-refractivity contribution >= 4 is 21.5 Å². The minimum atomic E-state index is -0.311. The first kappa shape index (κ1) is 104. The standard InChI is InChI=1S/C27H24O2.C24H26O2.C21H28O2.C20H24O2.C18H20O2.2C10H8O/c1-27(2,21-13-15-25(28)23(17-21)19-9-5-3-6-10-19)22-14-16-26(29)24(18-22)20-11-7-4-8-12-20;1-23(2,17-8-12-21(25)13-9-17)19-6-5-7-20(16-19)24(3,4)18-10-14-22(26)15-11-18;1-13(2)17-11-15(7-9-19(17)22)21(5,6)16-8-10-20(23)18(12-16)14(3)4;1-14-12-16(6-8-18(14)21)20(10-4-3-5-11-20)17-7-9-19(22)15(2)13-17;19-16-8-4-14(5-9-16)18(12-2-1-3-13-18)15-6-10-17(20)11-7-15;11-10-7-3-5-8-4-1-2-6-9(8)10;11-10-6-5-8-3-1-2-4-9(8)7-10/h3-18,28-29H,1-2H3;5-16,25-26H,1-4H3;7-14,22-23H,1-6H3;6-9,12-13,21-22H,3-5,10-11H2,1-2H3;4-11,19-20H,1-3,12-13H2;2*1-7,11H. The second-order valence-corrected chi connectivity index (χ2v) is 40.6. The normalized spacial score (nSPS) is 13.3. The Morgan fingerprint density at radius 2 is 0.507 bits per heavy atom. The fourth-order valence-corrected chi connectivity index (χ4v) is 19.7. The molecule has 0 unspecified atom stereocenters. The third-order valence-electron chi connectivity index (χ3n) is 29.1.